The van der Waals surface area contributed by atoms with E-state index in [9.17, 15) is 0 Å². The summed E-state index contributed by atoms with van der Waals surface area (Å²) >= 11 is 0. The zero-order valence-electron chi connectivity index (χ0n) is 40.5. The van der Waals surface area contributed by atoms with E-state index in [0.717, 1.165) is 99.5 Å². The van der Waals surface area contributed by atoms with Crippen LogP contribution >= 0.6 is 0 Å². The standard InChI is InChI=1S/C68H48N2O2/c1-67(2)59-21-13-11-19-51(59)53-37-49(27-29-61(53)67)69(45-15-7-5-8-16-45)47-25-23-41-33-55-57-39-58-56-34-42-24-26-48(32-44(42)36-64(56)72-66(58)40-65(57)71-63(55)35-43(41)31-47)70(46-17-9-6-10-18-46)50-28-30-62-54(38-50)52-20-12-14-22-60(52)68(62,3)4/h5-40H,1-4H3. The van der Waals surface area contributed by atoms with E-state index in [1.807, 2.05) is 0 Å². The molecule has 2 aromatic heterocycles. The Bertz CT molecular complexity index is 4120. The third kappa shape index (κ3) is 5.93. The first-order chi connectivity index (χ1) is 35.2. The Labute approximate surface area is 417 Å². The molecule has 11 aromatic carbocycles. The quantitative estimate of drug-likeness (QED) is 0.166. The number of hydrogen-bond donors (Lipinski definition) is 0. The molecule has 0 atom stereocenters. The monoisotopic (exact) mass is 924 g/mol. The zero-order chi connectivity index (χ0) is 48.0. The molecule has 0 fully saturated rings. The summed E-state index contributed by atoms with van der Waals surface area (Å²) in [4.78, 5) is 4.74. The molecule has 0 bridgehead atoms. The smallest absolute Gasteiger partial charge is 0.139 e. The molecule has 0 saturated carbocycles. The van der Waals surface area contributed by atoms with Crippen LogP contribution in [-0.2, 0) is 10.8 Å². The lowest BCUT2D eigenvalue weighted by atomic mass is 9.82. The fraction of sp³-hybridized carbons (Fsp3) is 0.0882. The van der Waals surface area contributed by atoms with Crippen molar-refractivity contribution in [2.45, 2.75) is 38.5 Å². The van der Waals surface area contributed by atoms with Crippen LogP contribution in [0.15, 0.2) is 227 Å². The van der Waals surface area contributed by atoms with Crippen LogP contribution in [0.3, 0.4) is 0 Å². The summed E-state index contributed by atoms with van der Waals surface area (Å²) in [6, 6.07) is 79.9. The average molecular weight is 925 g/mol. The van der Waals surface area contributed by atoms with E-state index in [2.05, 4.69) is 256 Å². The van der Waals surface area contributed by atoms with Crippen LogP contribution in [0.5, 0.6) is 0 Å². The first-order valence-corrected chi connectivity index (χ1v) is 25.1. The van der Waals surface area contributed by atoms with Crippen molar-refractivity contribution >= 4 is 99.5 Å². The van der Waals surface area contributed by atoms with E-state index in [-0.39, 0.29) is 10.8 Å². The molecule has 0 aliphatic heterocycles. The topological polar surface area (TPSA) is 32.8 Å². The van der Waals surface area contributed by atoms with Crippen LogP contribution in [0, 0.1) is 0 Å². The minimum atomic E-state index is -0.0553. The predicted molar refractivity (Wildman–Crippen MR) is 301 cm³/mol. The fourth-order valence-electron chi connectivity index (χ4n) is 12.5. The maximum Gasteiger partial charge on any atom is 0.139 e. The second kappa shape index (κ2) is 14.8. The number of rotatable bonds is 6. The number of furan rings is 2. The van der Waals surface area contributed by atoms with E-state index in [0.29, 0.717) is 0 Å². The molecule has 0 spiro atoms. The third-order valence-corrected chi connectivity index (χ3v) is 16.1. The van der Waals surface area contributed by atoms with Crippen LogP contribution < -0.4 is 9.80 Å². The molecule has 0 unspecified atom stereocenters. The number of fused-ring (bicyclic) bond motifs is 14. The summed E-state index contributed by atoms with van der Waals surface area (Å²) in [6.07, 6.45) is 0. The molecule has 2 heterocycles. The van der Waals surface area contributed by atoms with Crippen molar-refractivity contribution in [2.75, 3.05) is 9.80 Å². The Kier molecular flexibility index (Phi) is 8.44. The van der Waals surface area contributed by atoms with Crippen LogP contribution in [0.1, 0.15) is 49.9 Å². The van der Waals surface area contributed by atoms with Crippen molar-refractivity contribution < 1.29 is 8.83 Å². The molecule has 342 valence electrons. The summed E-state index contributed by atoms with van der Waals surface area (Å²) in [5, 5.41) is 8.87. The average Bonchev–Trinajstić information content (AvgIpc) is 4.08. The van der Waals surface area contributed by atoms with Gasteiger partial charge in [0.05, 0.1) is 0 Å². The Morgan fingerprint density at radius 1 is 0.264 bits per heavy atom. The maximum atomic E-state index is 6.72. The minimum Gasteiger partial charge on any atom is -0.456 e. The van der Waals surface area contributed by atoms with Crippen molar-refractivity contribution in [3.8, 4) is 22.3 Å². The van der Waals surface area contributed by atoms with E-state index in [1.165, 1.54) is 44.5 Å². The summed E-state index contributed by atoms with van der Waals surface area (Å²) < 4.78 is 13.4. The van der Waals surface area contributed by atoms with Gasteiger partial charge in [-0.25, -0.2) is 0 Å². The molecule has 13 aromatic rings. The first kappa shape index (κ1) is 41.0. The molecule has 0 radical (unpaired) electrons. The number of para-hydroxylation sites is 2. The largest absolute Gasteiger partial charge is 0.456 e. The molecule has 4 heteroatoms. The van der Waals surface area contributed by atoms with Gasteiger partial charge in [-0.3, -0.25) is 0 Å². The van der Waals surface area contributed by atoms with Crippen LogP contribution in [0.4, 0.5) is 34.1 Å². The molecule has 15 rings (SSSR count). The molecular formula is C68H48N2O2. The van der Waals surface area contributed by atoms with Gasteiger partial charge in [0.2, 0.25) is 0 Å². The van der Waals surface area contributed by atoms with Crippen molar-refractivity contribution in [2.24, 2.45) is 0 Å². The van der Waals surface area contributed by atoms with E-state index in [4.69, 9.17) is 8.83 Å². The lowest BCUT2D eigenvalue weighted by Crippen LogP contribution is -2.15. The Hall–Kier alpha value is -8.86. The number of hydrogen-bond acceptors (Lipinski definition) is 4. The lowest BCUT2D eigenvalue weighted by Gasteiger charge is -2.27. The molecule has 0 saturated heterocycles. The van der Waals surface area contributed by atoms with Gasteiger partial charge in [0, 0.05) is 72.6 Å². The summed E-state index contributed by atoms with van der Waals surface area (Å²) in [5.74, 6) is 0. The fourth-order valence-corrected chi connectivity index (χ4v) is 12.5. The van der Waals surface area contributed by atoms with Crippen molar-refractivity contribution in [3.63, 3.8) is 0 Å². The number of nitrogens with zero attached hydrogens (tertiary/aromatic N) is 2. The van der Waals surface area contributed by atoms with Gasteiger partial charge in [0.15, 0.2) is 0 Å². The summed E-state index contributed by atoms with van der Waals surface area (Å²) in [5.41, 5.74) is 20.6. The Morgan fingerprint density at radius 2 is 0.625 bits per heavy atom. The summed E-state index contributed by atoms with van der Waals surface area (Å²) in [6.45, 7) is 9.34. The third-order valence-electron chi connectivity index (χ3n) is 16.1. The zero-order valence-corrected chi connectivity index (χ0v) is 40.5. The van der Waals surface area contributed by atoms with Gasteiger partial charge in [0.25, 0.3) is 0 Å². The van der Waals surface area contributed by atoms with Crippen LogP contribution in [0.2, 0.25) is 0 Å². The van der Waals surface area contributed by atoms with Crippen LogP contribution in [-0.4, -0.2) is 0 Å². The van der Waals surface area contributed by atoms with Gasteiger partial charge < -0.3 is 18.6 Å². The van der Waals surface area contributed by atoms with Gasteiger partial charge >= 0.3 is 0 Å². The lowest BCUT2D eigenvalue weighted by molar-refractivity contribution is 0.656. The van der Waals surface area contributed by atoms with E-state index >= 15 is 0 Å². The highest BCUT2D eigenvalue weighted by molar-refractivity contribution is 6.18. The van der Waals surface area contributed by atoms with Crippen molar-refractivity contribution in [1.29, 1.82) is 0 Å². The van der Waals surface area contributed by atoms with Crippen molar-refractivity contribution in [1.82, 2.24) is 0 Å². The highest BCUT2D eigenvalue weighted by Crippen LogP contribution is 2.53. The van der Waals surface area contributed by atoms with E-state index in [1.54, 1.807) is 0 Å². The van der Waals surface area contributed by atoms with Crippen molar-refractivity contribution in [3.05, 3.63) is 241 Å². The Morgan fingerprint density at radius 3 is 1.08 bits per heavy atom. The molecular weight excluding hydrogens is 877 g/mol. The molecule has 72 heavy (non-hydrogen) atoms. The highest BCUT2D eigenvalue weighted by Gasteiger charge is 2.37. The molecule has 2 aliphatic carbocycles. The van der Waals surface area contributed by atoms with Gasteiger partial charge in [0.1, 0.15) is 22.3 Å². The second-order valence-corrected chi connectivity index (χ2v) is 21.0. The number of anilines is 6. The van der Waals surface area contributed by atoms with Crippen LogP contribution in [0.25, 0.3) is 87.7 Å². The highest BCUT2D eigenvalue weighted by atomic mass is 16.3. The van der Waals surface area contributed by atoms with Gasteiger partial charge in [-0.2, -0.15) is 0 Å². The molecule has 0 amide bonds. The normalized spacial score (nSPS) is 14.1. The number of benzene rings is 11. The predicted octanol–water partition coefficient (Wildman–Crippen LogP) is 19.3. The summed E-state index contributed by atoms with van der Waals surface area (Å²) in [7, 11) is 0. The molecule has 4 nitrogen and oxygen atoms in total. The first-order valence-electron chi connectivity index (χ1n) is 25.1. The van der Waals surface area contributed by atoms with Gasteiger partial charge in [-0.05, 0) is 169 Å². The maximum absolute atomic E-state index is 6.72. The Balaban J connectivity index is 0.808. The van der Waals surface area contributed by atoms with E-state index < -0.39 is 0 Å². The molecule has 0 N–H and O–H groups in total. The van der Waals surface area contributed by atoms with Gasteiger partial charge in [-0.1, -0.05) is 137 Å². The minimum absolute atomic E-state index is 0.0553. The second-order valence-electron chi connectivity index (χ2n) is 21.0. The molecule has 2 aliphatic rings. The SMILES string of the molecule is CC1(C)c2ccccc2-c2cc(N(c3ccccc3)c3ccc4cc5c(cc4c3)oc3cc4oc6cc7cc(N(c8ccccc8)c8ccc9c(c8)-c8ccccc8C9(C)C)ccc7cc6c4cc35)ccc21. The van der Waals surface area contributed by atoms with Gasteiger partial charge in [-0.15, -0.1) is 0 Å².